The Labute approximate surface area is 190 Å². The minimum Gasteiger partial charge on any atom is -0.352 e. The van der Waals surface area contributed by atoms with Crippen LogP contribution < -0.4 is 16.0 Å². The fourth-order valence-electron chi connectivity index (χ4n) is 3.47. The van der Waals surface area contributed by atoms with E-state index in [-0.39, 0.29) is 17.2 Å². The number of fused-ring (bicyclic) bond motifs is 1. The third-order valence-corrected chi connectivity index (χ3v) is 6.63. The second-order valence-electron chi connectivity index (χ2n) is 8.63. The monoisotopic (exact) mass is 449 g/mol. The zero-order chi connectivity index (χ0) is 22.9. The Morgan fingerprint density at radius 2 is 1.81 bits per heavy atom. The van der Waals surface area contributed by atoms with Crippen LogP contribution in [-0.2, 0) is 10.2 Å². The number of piperazine rings is 1. The molecule has 2 aromatic carbocycles. The average Bonchev–Trinajstić information content (AvgIpc) is 3.17. The van der Waals surface area contributed by atoms with Crippen LogP contribution >= 0.6 is 11.3 Å². The van der Waals surface area contributed by atoms with Crippen molar-refractivity contribution in [2.45, 2.75) is 26.2 Å². The van der Waals surface area contributed by atoms with Gasteiger partial charge in [0.15, 0.2) is 0 Å². The Morgan fingerprint density at radius 3 is 2.56 bits per heavy atom. The van der Waals surface area contributed by atoms with Crippen LogP contribution in [0.2, 0.25) is 0 Å². The molecule has 8 heteroatoms. The zero-order valence-corrected chi connectivity index (χ0v) is 19.0. The van der Waals surface area contributed by atoms with E-state index in [0.717, 1.165) is 15.6 Å². The van der Waals surface area contributed by atoms with E-state index < -0.39 is 6.03 Å². The summed E-state index contributed by atoms with van der Waals surface area (Å²) < 4.78 is 0. The summed E-state index contributed by atoms with van der Waals surface area (Å²) in [5, 5.41) is 10.8. The van der Waals surface area contributed by atoms with Crippen molar-refractivity contribution >= 4 is 50.6 Å². The Balaban J connectivity index is 1.60. The van der Waals surface area contributed by atoms with E-state index in [9.17, 15) is 14.4 Å². The van der Waals surface area contributed by atoms with Gasteiger partial charge < -0.3 is 15.5 Å². The molecule has 2 heterocycles. The first-order valence-electron chi connectivity index (χ1n) is 10.4. The summed E-state index contributed by atoms with van der Waals surface area (Å²) in [6, 6.07) is 14.9. The lowest BCUT2D eigenvalue weighted by atomic mass is 9.94. The Hall–Kier alpha value is -3.39. The summed E-state index contributed by atoms with van der Waals surface area (Å²) in [6.45, 7) is 8.18. The molecule has 0 aliphatic carbocycles. The molecule has 1 radical (unpaired) electrons. The molecule has 1 aliphatic rings. The second-order valence-corrected chi connectivity index (χ2v) is 9.68. The van der Waals surface area contributed by atoms with E-state index in [1.807, 2.05) is 63.2 Å². The third kappa shape index (κ3) is 4.60. The highest BCUT2D eigenvalue weighted by molar-refractivity contribution is 7.16. The van der Waals surface area contributed by atoms with Crippen LogP contribution in [0.5, 0.6) is 0 Å². The molecule has 0 unspecified atom stereocenters. The van der Waals surface area contributed by atoms with E-state index in [4.69, 9.17) is 0 Å². The first kappa shape index (κ1) is 21.8. The molecule has 3 aromatic rings. The smallest absolute Gasteiger partial charge is 0.324 e. The van der Waals surface area contributed by atoms with Crippen molar-refractivity contribution < 1.29 is 14.4 Å². The maximum absolute atomic E-state index is 13.2. The maximum atomic E-state index is 13.2. The van der Waals surface area contributed by atoms with Crippen molar-refractivity contribution in [1.82, 2.24) is 10.2 Å². The molecule has 1 saturated heterocycles. The fourth-order valence-corrected chi connectivity index (χ4v) is 4.57. The summed E-state index contributed by atoms with van der Waals surface area (Å²) in [5.41, 5.74) is 0.857. The fraction of sp³-hybridized carbons (Fsp3) is 0.250. The van der Waals surface area contributed by atoms with Crippen molar-refractivity contribution in [2.75, 3.05) is 23.7 Å². The van der Waals surface area contributed by atoms with Gasteiger partial charge in [-0.15, -0.1) is 11.3 Å². The summed E-state index contributed by atoms with van der Waals surface area (Å²) in [4.78, 5) is 40.1. The Kier molecular flexibility index (Phi) is 5.88. The lowest BCUT2D eigenvalue weighted by molar-refractivity contribution is -0.120. The minimum atomic E-state index is -0.432. The van der Waals surface area contributed by atoms with Crippen LogP contribution in [0.3, 0.4) is 0 Å². The van der Waals surface area contributed by atoms with Crippen molar-refractivity contribution in [3.63, 3.8) is 0 Å². The number of urea groups is 1. The highest BCUT2D eigenvalue weighted by Crippen LogP contribution is 2.37. The normalized spacial score (nSPS) is 14.2. The van der Waals surface area contributed by atoms with Crippen molar-refractivity contribution in [3.05, 3.63) is 65.5 Å². The van der Waals surface area contributed by atoms with Gasteiger partial charge in [-0.05, 0) is 22.9 Å². The SMILES string of the molecule is CC(C)(C)c1cc(C(=O)N2[CH]C(=O)NCC2)c(NC(=O)Nc2cccc3ccccc23)s1. The highest BCUT2D eigenvalue weighted by Gasteiger charge is 2.29. The number of hydrogen-bond acceptors (Lipinski definition) is 4. The number of benzene rings is 2. The number of nitrogens with zero attached hydrogens (tertiary/aromatic N) is 1. The van der Waals surface area contributed by atoms with E-state index in [0.29, 0.717) is 29.3 Å². The number of thiophene rings is 1. The predicted octanol–water partition coefficient (Wildman–Crippen LogP) is 4.58. The number of carbonyl (C=O) groups excluding carboxylic acids is 3. The predicted molar refractivity (Wildman–Crippen MR) is 128 cm³/mol. The van der Waals surface area contributed by atoms with E-state index in [1.54, 1.807) is 6.07 Å². The molecule has 4 rings (SSSR count). The van der Waals surface area contributed by atoms with Gasteiger partial charge in [0.25, 0.3) is 5.91 Å². The van der Waals surface area contributed by atoms with E-state index in [2.05, 4.69) is 16.0 Å². The molecule has 0 atom stereocenters. The van der Waals surface area contributed by atoms with E-state index >= 15 is 0 Å². The Morgan fingerprint density at radius 1 is 1.06 bits per heavy atom. The average molecular weight is 450 g/mol. The van der Waals surface area contributed by atoms with Crippen LogP contribution in [0.1, 0.15) is 36.0 Å². The molecule has 1 aromatic heterocycles. The topological polar surface area (TPSA) is 90.5 Å². The number of rotatable bonds is 3. The Bertz CT molecular complexity index is 1190. The van der Waals surface area contributed by atoms with Gasteiger partial charge in [-0.3, -0.25) is 14.9 Å². The van der Waals surface area contributed by atoms with E-state index in [1.165, 1.54) is 22.8 Å². The van der Waals surface area contributed by atoms with Gasteiger partial charge in [0.05, 0.1) is 11.3 Å². The van der Waals surface area contributed by atoms with Crippen LogP contribution in [0, 0.1) is 6.54 Å². The van der Waals surface area contributed by atoms with Crippen LogP contribution in [0.15, 0.2) is 48.5 Å². The molecule has 0 bridgehead atoms. The highest BCUT2D eigenvalue weighted by atomic mass is 32.1. The molecular formula is C24H25N4O3S. The van der Waals surface area contributed by atoms with Gasteiger partial charge in [0.2, 0.25) is 5.91 Å². The zero-order valence-electron chi connectivity index (χ0n) is 18.2. The number of amides is 4. The standard InChI is InChI=1S/C24H25N4O3S/c1-24(2,3)19-13-17(22(30)28-12-11-25-20(29)14-28)21(32-19)27-23(31)26-18-10-6-8-15-7-4-5-9-16(15)18/h4-10,13-14H,11-12H2,1-3H3,(H,25,29)(H2,26,27,31). The number of anilines is 2. The molecule has 0 saturated carbocycles. The van der Waals surface area contributed by atoms with Gasteiger partial charge in [0.1, 0.15) is 11.5 Å². The molecule has 1 aliphatic heterocycles. The van der Waals surface area contributed by atoms with Gasteiger partial charge >= 0.3 is 6.03 Å². The first-order valence-corrected chi connectivity index (χ1v) is 11.2. The summed E-state index contributed by atoms with van der Waals surface area (Å²) in [5.74, 6) is -0.619. The molecule has 165 valence electrons. The molecule has 4 amide bonds. The minimum absolute atomic E-state index is 0.200. The maximum Gasteiger partial charge on any atom is 0.324 e. The van der Waals surface area contributed by atoms with Crippen LogP contribution in [0.4, 0.5) is 15.5 Å². The molecule has 7 nitrogen and oxygen atoms in total. The first-order chi connectivity index (χ1) is 15.2. The van der Waals surface area contributed by atoms with Gasteiger partial charge in [-0.25, -0.2) is 4.79 Å². The summed E-state index contributed by atoms with van der Waals surface area (Å²) >= 11 is 1.37. The summed E-state index contributed by atoms with van der Waals surface area (Å²) in [7, 11) is 0. The number of hydrogen-bond donors (Lipinski definition) is 3. The third-order valence-electron chi connectivity index (χ3n) is 5.15. The van der Waals surface area contributed by atoms with Gasteiger partial charge in [0, 0.05) is 23.4 Å². The molecular weight excluding hydrogens is 424 g/mol. The van der Waals surface area contributed by atoms with Crippen LogP contribution in [-0.4, -0.2) is 35.8 Å². The molecule has 3 N–H and O–H groups in total. The lowest BCUT2D eigenvalue weighted by Crippen LogP contribution is -2.46. The lowest BCUT2D eigenvalue weighted by Gasteiger charge is -2.26. The molecule has 32 heavy (non-hydrogen) atoms. The quantitative estimate of drug-likeness (QED) is 0.547. The second kappa shape index (κ2) is 8.63. The molecule has 1 fully saturated rings. The molecule has 0 spiro atoms. The van der Waals surface area contributed by atoms with Gasteiger partial charge in [-0.2, -0.15) is 0 Å². The van der Waals surface area contributed by atoms with Gasteiger partial charge in [-0.1, -0.05) is 57.2 Å². The van der Waals surface area contributed by atoms with Crippen molar-refractivity contribution in [2.24, 2.45) is 0 Å². The number of carbonyl (C=O) groups is 3. The van der Waals surface area contributed by atoms with Crippen molar-refractivity contribution in [1.29, 1.82) is 0 Å². The summed E-state index contributed by atoms with van der Waals surface area (Å²) in [6.07, 6.45) is 0. The van der Waals surface area contributed by atoms with Crippen LogP contribution in [0.25, 0.3) is 10.8 Å². The largest absolute Gasteiger partial charge is 0.352 e. The van der Waals surface area contributed by atoms with Crippen molar-refractivity contribution in [3.8, 4) is 0 Å². The number of nitrogens with one attached hydrogen (secondary N) is 3.